The molecule has 0 saturated carbocycles. The van der Waals surface area contributed by atoms with Crippen molar-refractivity contribution in [3.63, 3.8) is 0 Å². The van der Waals surface area contributed by atoms with Gasteiger partial charge in [-0.2, -0.15) is 0 Å². The number of likely N-dealkylation sites (tertiary alicyclic amines) is 1. The summed E-state index contributed by atoms with van der Waals surface area (Å²) in [5.41, 5.74) is 1.62. The summed E-state index contributed by atoms with van der Waals surface area (Å²) in [6.07, 6.45) is 3.93. The van der Waals surface area contributed by atoms with Gasteiger partial charge in [-0.1, -0.05) is 11.8 Å². The van der Waals surface area contributed by atoms with Crippen LogP contribution in [0.1, 0.15) is 18.5 Å². The van der Waals surface area contributed by atoms with Crippen molar-refractivity contribution < 1.29 is 9.13 Å². The minimum atomic E-state index is -0.317. The van der Waals surface area contributed by atoms with Gasteiger partial charge in [-0.3, -0.25) is 9.78 Å². The molecule has 5 rings (SSSR count). The van der Waals surface area contributed by atoms with E-state index in [0.29, 0.717) is 24.0 Å². The number of piperidine rings is 1. The van der Waals surface area contributed by atoms with Crippen LogP contribution in [0.2, 0.25) is 0 Å². The largest absolute Gasteiger partial charge is 0.480 e. The van der Waals surface area contributed by atoms with Crippen molar-refractivity contribution >= 4 is 22.7 Å². The SMILES string of the molecule is O=c1ccc2ccc(F)cc2n1CCN1CCC(NCc2cc3c(cn2)OCS3)CC1. The molecule has 0 amide bonds. The Bertz CT molecular complexity index is 1140. The van der Waals surface area contributed by atoms with Crippen LogP contribution in [0.15, 0.2) is 52.3 Å². The zero-order chi connectivity index (χ0) is 21.2. The third kappa shape index (κ3) is 4.61. The Labute approximate surface area is 184 Å². The molecule has 1 N–H and O–H groups in total. The molecule has 0 aliphatic carbocycles. The van der Waals surface area contributed by atoms with E-state index in [-0.39, 0.29) is 11.4 Å². The fraction of sp³-hybridized carbons (Fsp3) is 0.391. The number of nitrogens with one attached hydrogen (secondary N) is 1. The Hall–Kier alpha value is -2.42. The third-order valence-electron chi connectivity index (χ3n) is 6.07. The lowest BCUT2D eigenvalue weighted by Crippen LogP contribution is -2.43. The van der Waals surface area contributed by atoms with Gasteiger partial charge in [0.1, 0.15) is 11.8 Å². The average molecular weight is 441 g/mol. The first-order valence-corrected chi connectivity index (χ1v) is 11.6. The lowest BCUT2D eigenvalue weighted by molar-refractivity contribution is 0.191. The maximum absolute atomic E-state index is 13.7. The normalized spacial score (nSPS) is 17.1. The number of benzene rings is 1. The van der Waals surface area contributed by atoms with E-state index in [1.165, 1.54) is 17.0 Å². The molecule has 2 aliphatic heterocycles. The zero-order valence-electron chi connectivity index (χ0n) is 17.2. The van der Waals surface area contributed by atoms with Crippen molar-refractivity contribution in [1.82, 2.24) is 19.8 Å². The first-order valence-electron chi connectivity index (χ1n) is 10.6. The molecule has 4 heterocycles. The summed E-state index contributed by atoms with van der Waals surface area (Å²) >= 11 is 1.71. The molecular formula is C23H25FN4O2S. The number of fused-ring (bicyclic) bond motifs is 2. The van der Waals surface area contributed by atoms with Crippen LogP contribution >= 0.6 is 11.8 Å². The number of thioether (sulfide) groups is 1. The maximum Gasteiger partial charge on any atom is 0.251 e. The molecule has 2 aromatic heterocycles. The van der Waals surface area contributed by atoms with E-state index in [1.54, 1.807) is 34.5 Å². The van der Waals surface area contributed by atoms with E-state index in [2.05, 4.69) is 21.3 Å². The van der Waals surface area contributed by atoms with Gasteiger partial charge in [0, 0.05) is 31.7 Å². The van der Waals surface area contributed by atoms with Crippen LogP contribution < -0.4 is 15.6 Å². The van der Waals surface area contributed by atoms with E-state index in [4.69, 9.17) is 4.74 Å². The minimum Gasteiger partial charge on any atom is -0.480 e. The van der Waals surface area contributed by atoms with Gasteiger partial charge >= 0.3 is 0 Å². The summed E-state index contributed by atoms with van der Waals surface area (Å²) in [5, 5.41) is 4.51. The first-order chi connectivity index (χ1) is 15.2. The van der Waals surface area contributed by atoms with Crippen molar-refractivity contribution in [3.8, 4) is 5.75 Å². The van der Waals surface area contributed by atoms with Crippen molar-refractivity contribution in [3.05, 3.63) is 64.5 Å². The predicted molar refractivity (Wildman–Crippen MR) is 120 cm³/mol. The molecule has 31 heavy (non-hydrogen) atoms. The summed E-state index contributed by atoms with van der Waals surface area (Å²) in [6, 6.07) is 10.5. The fourth-order valence-corrected chi connectivity index (χ4v) is 5.07. The van der Waals surface area contributed by atoms with Crippen molar-refractivity contribution in [2.24, 2.45) is 0 Å². The van der Waals surface area contributed by atoms with E-state index >= 15 is 0 Å². The third-order valence-corrected chi connectivity index (χ3v) is 6.94. The van der Waals surface area contributed by atoms with Gasteiger partial charge in [0.2, 0.25) is 0 Å². The van der Waals surface area contributed by atoms with Gasteiger partial charge in [0.25, 0.3) is 5.56 Å². The lowest BCUT2D eigenvalue weighted by atomic mass is 10.0. The van der Waals surface area contributed by atoms with Crippen molar-refractivity contribution in [2.75, 3.05) is 25.6 Å². The first kappa shape index (κ1) is 20.5. The molecular weight excluding hydrogens is 415 g/mol. The predicted octanol–water partition coefficient (Wildman–Crippen LogP) is 3.23. The van der Waals surface area contributed by atoms with Gasteiger partial charge in [0.05, 0.1) is 22.3 Å². The van der Waals surface area contributed by atoms with Gasteiger partial charge in [0.15, 0.2) is 5.75 Å². The van der Waals surface area contributed by atoms with Crippen LogP contribution in [-0.4, -0.2) is 46.1 Å². The number of rotatable bonds is 6. The summed E-state index contributed by atoms with van der Waals surface area (Å²) in [5.74, 6) is 1.24. The molecule has 162 valence electrons. The molecule has 8 heteroatoms. The molecule has 0 spiro atoms. The molecule has 0 bridgehead atoms. The second-order valence-corrected chi connectivity index (χ2v) is 9.02. The molecule has 6 nitrogen and oxygen atoms in total. The van der Waals surface area contributed by atoms with E-state index in [9.17, 15) is 9.18 Å². The van der Waals surface area contributed by atoms with E-state index in [1.807, 2.05) is 6.20 Å². The number of hydrogen-bond donors (Lipinski definition) is 1. The number of hydrogen-bond acceptors (Lipinski definition) is 6. The van der Waals surface area contributed by atoms with Gasteiger partial charge in [-0.05, 0) is 61.6 Å². The quantitative estimate of drug-likeness (QED) is 0.635. The molecule has 1 saturated heterocycles. The Balaban J connectivity index is 1.13. The molecule has 0 unspecified atom stereocenters. The number of aromatic nitrogens is 2. The van der Waals surface area contributed by atoms with Crippen LogP contribution in [0, 0.1) is 5.82 Å². The van der Waals surface area contributed by atoms with Crippen molar-refractivity contribution in [1.29, 1.82) is 0 Å². The number of pyridine rings is 2. The van der Waals surface area contributed by atoms with Crippen LogP contribution in [0.3, 0.4) is 0 Å². The smallest absolute Gasteiger partial charge is 0.251 e. The highest BCUT2D eigenvalue weighted by Crippen LogP contribution is 2.35. The Morgan fingerprint density at radius 2 is 2.00 bits per heavy atom. The summed E-state index contributed by atoms with van der Waals surface area (Å²) in [6.45, 7) is 4.07. The van der Waals surface area contributed by atoms with Crippen LogP contribution in [-0.2, 0) is 13.1 Å². The topological polar surface area (TPSA) is 59.4 Å². The van der Waals surface area contributed by atoms with Crippen molar-refractivity contribution in [2.45, 2.75) is 36.9 Å². The number of ether oxygens (including phenoxy) is 1. The number of halogens is 1. The fourth-order valence-electron chi connectivity index (χ4n) is 4.28. The second kappa shape index (κ2) is 8.98. The highest BCUT2D eigenvalue weighted by Gasteiger charge is 2.20. The van der Waals surface area contributed by atoms with Crippen LogP contribution in [0.25, 0.3) is 10.9 Å². The molecule has 0 atom stereocenters. The summed E-state index contributed by atoms with van der Waals surface area (Å²) in [4.78, 5) is 20.4. The lowest BCUT2D eigenvalue weighted by Gasteiger charge is -2.32. The zero-order valence-corrected chi connectivity index (χ0v) is 18.0. The van der Waals surface area contributed by atoms with Gasteiger partial charge < -0.3 is 19.5 Å². The van der Waals surface area contributed by atoms with Crippen LogP contribution in [0.4, 0.5) is 4.39 Å². The molecule has 1 aromatic carbocycles. The van der Waals surface area contributed by atoms with Gasteiger partial charge in [-0.25, -0.2) is 4.39 Å². The van der Waals surface area contributed by atoms with E-state index < -0.39 is 0 Å². The minimum absolute atomic E-state index is 0.0833. The van der Waals surface area contributed by atoms with E-state index in [0.717, 1.165) is 55.9 Å². The Morgan fingerprint density at radius 3 is 2.87 bits per heavy atom. The summed E-state index contributed by atoms with van der Waals surface area (Å²) in [7, 11) is 0. The molecule has 0 radical (unpaired) electrons. The molecule has 3 aromatic rings. The molecule has 1 fully saturated rings. The van der Waals surface area contributed by atoms with Crippen LogP contribution in [0.5, 0.6) is 5.75 Å². The van der Waals surface area contributed by atoms with Gasteiger partial charge in [-0.15, -0.1) is 0 Å². The molecule has 2 aliphatic rings. The maximum atomic E-state index is 13.7. The Morgan fingerprint density at radius 1 is 1.16 bits per heavy atom. The highest BCUT2D eigenvalue weighted by molar-refractivity contribution is 7.99. The Kier molecular flexibility index (Phi) is 5.93. The summed E-state index contributed by atoms with van der Waals surface area (Å²) < 4.78 is 20.9. The standard InChI is InChI=1S/C23H25FN4O2S/c24-17-3-1-16-2-4-23(29)28(20(16)11-17)10-9-27-7-5-18(6-8-27)25-13-19-12-22-21(14-26-19)30-15-31-22/h1-4,11-12,14,18,25H,5-10,13,15H2. The number of nitrogens with zero attached hydrogens (tertiary/aromatic N) is 3. The second-order valence-electron chi connectivity index (χ2n) is 8.05. The highest BCUT2D eigenvalue weighted by atomic mass is 32.2. The monoisotopic (exact) mass is 440 g/mol. The average Bonchev–Trinajstić information content (AvgIpc) is 3.26.